The summed E-state index contributed by atoms with van der Waals surface area (Å²) in [6.45, 7) is 0. The fourth-order valence-corrected chi connectivity index (χ4v) is 1.50. The van der Waals surface area contributed by atoms with Gasteiger partial charge in [0.1, 0.15) is 11.3 Å². The molecule has 5 nitrogen and oxygen atoms in total. The molecule has 0 aliphatic carbocycles. The van der Waals surface area contributed by atoms with Gasteiger partial charge in [-0.3, -0.25) is 0 Å². The molecular formula is C9H6N2O3S. The van der Waals surface area contributed by atoms with Crippen molar-refractivity contribution in [3.8, 4) is 5.75 Å². The molecule has 6 heteroatoms. The van der Waals surface area contributed by atoms with Crippen molar-refractivity contribution in [2.45, 2.75) is 0 Å². The third kappa shape index (κ3) is 1.94. The minimum Gasteiger partial charge on any atom is -0.506 e. The van der Waals surface area contributed by atoms with Gasteiger partial charge in [0.2, 0.25) is 0 Å². The standard InChI is InChI=1S/C9H6N2O3S/c12-7-3-1-2-6-4-5-8(10-9(6)7)11-15(13)14/h1-5,12H. The van der Waals surface area contributed by atoms with Gasteiger partial charge >= 0.3 is 10.5 Å². The molecule has 1 aromatic heterocycles. The van der Waals surface area contributed by atoms with E-state index in [0.29, 0.717) is 5.52 Å². The predicted molar refractivity (Wildman–Crippen MR) is 54.4 cm³/mol. The Morgan fingerprint density at radius 1 is 1.20 bits per heavy atom. The minimum absolute atomic E-state index is 0.00114. The summed E-state index contributed by atoms with van der Waals surface area (Å²) in [7, 11) is -2.54. The normalized spacial score (nSPS) is 10.1. The van der Waals surface area contributed by atoms with E-state index in [4.69, 9.17) is 0 Å². The van der Waals surface area contributed by atoms with Gasteiger partial charge in [-0.2, -0.15) is 8.42 Å². The first-order valence-electron chi connectivity index (χ1n) is 4.07. The van der Waals surface area contributed by atoms with Crippen molar-refractivity contribution >= 4 is 27.2 Å². The average Bonchev–Trinajstić information content (AvgIpc) is 2.18. The number of pyridine rings is 1. The summed E-state index contributed by atoms with van der Waals surface area (Å²) >= 11 is 0. The van der Waals surface area contributed by atoms with Crippen molar-refractivity contribution in [3.05, 3.63) is 30.3 Å². The third-order valence-electron chi connectivity index (χ3n) is 1.85. The molecule has 2 aromatic rings. The number of aromatic hydroxyl groups is 1. The maximum atomic E-state index is 10.3. The highest BCUT2D eigenvalue weighted by atomic mass is 32.2. The second-order valence-corrected chi connectivity index (χ2v) is 3.44. The number of aromatic nitrogens is 1. The van der Waals surface area contributed by atoms with Gasteiger partial charge in [-0.25, -0.2) is 4.98 Å². The summed E-state index contributed by atoms with van der Waals surface area (Å²) < 4.78 is 23.9. The second kappa shape index (κ2) is 3.66. The fraction of sp³-hybridized carbons (Fsp3) is 0. The lowest BCUT2D eigenvalue weighted by atomic mass is 10.2. The van der Waals surface area contributed by atoms with Crippen LogP contribution in [0.3, 0.4) is 0 Å². The summed E-state index contributed by atoms with van der Waals surface area (Å²) in [4.78, 5) is 3.91. The molecule has 0 amide bonds. The van der Waals surface area contributed by atoms with Crippen LogP contribution in [-0.2, 0) is 10.5 Å². The monoisotopic (exact) mass is 222 g/mol. The van der Waals surface area contributed by atoms with E-state index in [1.54, 1.807) is 18.2 Å². The van der Waals surface area contributed by atoms with Crippen LogP contribution < -0.4 is 0 Å². The Labute approximate surface area is 86.7 Å². The number of phenolic OH excluding ortho intramolecular Hbond substituents is 1. The van der Waals surface area contributed by atoms with Crippen LogP contribution >= 0.6 is 0 Å². The van der Waals surface area contributed by atoms with E-state index in [0.717, 1.165) is 5.39 Å². The number of benzene rings is 1. The van der Waals surface area contributed by atoms with Crippen LogP contribution in [-0.4, -0.2) is 18.5 Å². The van der Waals surface area contributed by atoms with Crippen LogP contribution in [0, 0.1) is 0 Å². The number of hydrogen-bond donors (Lipinski definition) is 1. The molecule has 0 saturated heterocycles. The van der Waals surface area contributed by atoms with Crippen molar-refractivity contribution in [1.82, 2.24) is 4.98 Å². The molecule has 15 heavy (non-hydrogen) atoms. The molecule has 0 radical (unpaired) electrons. The van der Waals surface area contributed by atoms with Crippen molar-refractivity contribution in [2.75, 3.05) is 0 Å². The maximum Gasteiger partial charge on any atom is 0.317 e. The lowest BCUT2D eigenvalue weighted by Crippen LogP contribution is -1.79. The van der Waals surface area contributed by atoms with Crippen molar-refractivity contribution in [1.29, 1.82) is 0 Å². The molecule has 0 spiro atoms. The third-order valence-corrected chi connectivity index (χ3v) is 2.19. The molecular weight excluding hydrogens is 216 g/mol. The summed E-state index contributed by atoms with van der Waals surface area (Å²) in [5.74, 6) is 0.0542. The van der Waals surface area contributed by atoms with E-state index in [1.165, 1.54) is 12.1 Å². The molecule has 1 aromatic carbocycles. The highest BCUT2D eigenvalue weighted by Gasteiger charge is 2.01. The Morgan fingerprint density at radius 3 is 2.73 bits per heavy atom. The van der Waals surface area contributed by atoms with Crippen LogP contribution in [0.1, 0.15) is 0 Å². The highest BCUT2D eigenvalue weighted by molar-refractivity contribution is 7.61. The summed E-state index contributed by atoms with van der Waals surface area (Å²) in [5.41, 5.74) is 0.337. The topological polar surface area (TPSA) is 79.6 Å². The average molecular weight is 222 g/mol. The Balaban J connectivity index is 2.75. The summed E-state index contributed by atoms with van der Waals surface area (Å²) in [6.07, 6.45) is 0. The fourth-order valence-electron chi connectivity index (χ4n) is 1.25. The zero-order valence-electron chi connectivity index (χ0n) is 7.45. The smallest absolute Gasteiger partial charge is 0.317 e. The lowest BCUT2D eigenvalue weighted by molar-refractivity contribution is 0.480. The molecule has 0 atom stereocenters. The van der Waals surface area contributed by atoms with Crippen LogP contribution in [0.25, 0.3) is 10.9 Å². The number of nitrogens with zero attached hydrogens (tertiary/aromatic N) is 2. The van der Waals surface area contributed by atoms with Crippen molar-refractivity contribution in [2.24, 2.45) is 4.36 Å². The zero-order chi connectivity index (χ0) is 10.8. The molecule has 0 bridgehead atoms. The minimum atomic E-state index is -2.54. The van der Waals surface area contributed by atoms with Crippen molar-refractivity contribution in [3.63, 3.8) is 0 Å². The molecule has 1 N–H and O–H groups in total. The van der Waals surface area contributed by atoms with Crippen LogP contribution in [0.2, 0.25) is 0 Å². The van der Waals surface area contributed by atoms with E-state index in [9.17, 15) is 13.5 Å². The first-order valence-corrected chi connectivity index (χ1v) is 5.10. The first kappa shape index (κ1) is 9.60. The van der Waals surface area contributed by atoms with Gasteiger partial charge in [-0.15, -0.1) is 4.36 Å². The molecule has 76 valence electrons. The molecule has 0 aliphatic heterocycles. The maximum absolute atomic E-state index is 10.3. The SMILES string of the molecule is O=S(=O)=Nc1ccc2cccc(O)c2n1. The van der Waals surface area contributed by atoms with Gasteiger partial charge in [-0.1, -0.05) is 12.1 Å². The van der Waals surface area contributed by atoms with Gasteiger partial charge in [0, 0.05) is 5.39 Å². The van der Waals surface area contributed by atoms with Gasteiger partial charge in [0.05, 0.1) is 0 Å². The van der Waals surface area contributed by atoms with Crippen LogP contribution in [0.4, 0.5) is 5.82 Å². The Hall–Kier alpha value is -1.95. The molecule has 1 heterocycles. The number of rotatable bonds is 1. The molecule has 0 fully saturated rings. The molecule has 2 rings (SSSR count). The predicted octanol–water partition coefficient (Wildman–Crippen LogP) is 1.63. The van der Waals surface area contributed by atoms with Gasteiger partial charge in [0.25, 0.3) is 0 Å². The number of hydrogen-bond acceptors (Lipinski definition) is 5. The first-order chi connectivity index (χ1) is 7.16. The number of phenols is 1. The van der Waals surface area contributed by atoms with E-state index < -0.39 is 10.5 Å². The summed E-state index contributed by atoms with van der Waals surface area (Å²) in [6, 6.07) is 8.04. The van der Waals surface area contributed by atoms with E-state index in [-0.39, 0.29) is 11.6 Å². The quantitative estimate of drug-likeness (QED) is 0.795. The lowest BCUT2D eigenvalue weighted by Gasteiger charge is -1.99. The molecule has 0 unspecified atom stereocenters. The molecule has 0 saturated carbocycles. The van der Waals surface area contributed by atoms with Gasteiger partial charge < -0.3 is 5.11 Å². The van der Waals surface area contributed by atoms with E-state index in [1.807, 2.05) is 0 Å². The Morgan fingerprint density at radius 2 is 2.00 bits per heavy atom. The van der Waals surface area contributed by atoms with E-state index >= 15 is 0 Å². The van der Waals surface area contributed by atoms with Crippen LogP contribution in [0.5, 0.6) is 5.75 Å². The van der Waals surface area contributed by atoms with Crippen LogP contribution in [0.15, 0.2) is 34.7 Å². The number of fused-ring (bicyclic) bond motifs is 1. The Kier molecular flexibility index (Phi) is 2.34. The second-order valence-electron chi connectivity index (χ2n) is 2.83. The van der Waals surface area contributed by atoms with Crippen molar-refractivity contribution < 1.29 is 13.5 Å². The van der Waals surface area contributed by atoms with Gasteiger partial charge in [0.15, 0.2) is 5.82 Å². The summed E-state index contributed by atoms with van der Waals surface area (Å²) in [5, 5.41) is 10.2. The largest absolute Gasteiger partial charge is 0.506 e. The molecule has 0 aliphatic rings. The highest BCUT2D eigenvalue weighted by Crippen LogP contribution is 2.24. The number of para-hydroxylation sites is 1. The van der Waals surface area contributed by atoms with Gasteiger partial charge in [-0.05, 0) is 18.2 Å². The zero-order valence-corrected chi connectivity index (χ0v) is 8.27. The van der Waals surface area contributed by atoms with E-state index in [2.05, 4.69) is 9.35 Å². The Bertz CT molecular complexity index is 641.